The van der Waals surface area contributed by atoms with Crippen molar-refractivity contribution >= 4 is 27.6 Å². The number of fused-ring (bicyclic) bond motifs is 3. The molecule has 0 saturated heterocycles. The van der Waals surface area contributed by atoms with Gasteiger partial charge in [-0.2, -0.15) is 0 Å². The summed E-state index contributed by atoms with van der Waals surface area (Å²) in [6.07, 6.45) is 0. The van der Waals surface area contributed by atoms with Crippen molar-refractivity contribution in [3.8, 4) is 56.4 Å². The van der Waals surface area contributed by atoms with Crippen LogP contribution in [0.25, 0.3) is 83.2 Å². The van der Waals surface area contributed by atoms with Gasteiger partial charge in [0.05, 0.1) is 6.57 Å². The molecule has 0 N–H and O–H groups in total. The van der Waals surface area contributed by atoms with Crippen LogP contribution >= 0.6 is 0 Å². The van der Waals surface area contributed by atoms with Crippen molar-refractivity contribution < 1.29 is 4.42 Å². The monoisotopic (exact) mass is 576 g/mol. The molecule has 0 spiro atoms. The highest BCUT2D eigenvalue weighted by atomic mass is 16.3. The molecule has 0 aliphatic carbocycles. The Bertz CT molecular complexity index is 2310. The summed E-state index contributed by atoms with van der Waals surface area (Å²) in [5, 5.41) is 2.09. The van der Waals surface area contributed by atoms with E-state index in [1.807, 2.05) is 121 Å². The molecule has 8 rings (SSSR count). The number of benzene rings is 6. The first-order valence-electron chi connectivity index (χ1n) is 14.6. The van der Waals surface area contributed by atoms with E-state index in [0.29, 0.717) is 23.2 Å². The minimum absolute atomic E-state index is 0.599. The number of para-hydroxylation sites is 1. The van der Waals surface area contributed by atoms with Crippen LogP contribution in [0.4, 0.5) is 5.69 Å². The lowest BCUT2D eigenvalue weighted by Gasteiger charge is -2.14. The van der Waals surface area contributed by atoms with Crippen molar-refractivity contribution in [2.75, 3.05) is 0 Å². The average Bonchev–Trinajstić information content (AvgIpc) is 3.51. The first-order chi connectivity index (χ1) is 22.2. The minimum atomic E-state index is 0.599. The largest absolute Gasteiger partial charge is 0.456 e. The number of hydrogen-bond acceptors (Lipinski definition) is 4. The van der Waals surface area contributed by atoms with E-state index in [9.17, 15) is 0 Å². The van der Waals surface area contributed by atoms with Crippen LogP contribution in [0.2, 0.25) is 0 Å². The molecule has 0 fully saturated rings. The van der Waals surface area contributed by atoms with Crippen LogP contribution in [0, 0.1) is 6.57 Å². The number of hydrogen-bond donors (Lipinski definition) is 0. The fraction of sp³-hybridized carbons (Fsp3) is 0. The van der Waals surface area contributed by atoms with Gasteiger partial charge in [-0.1, -0.05) is 127 Å². The normalized spacial score (nSPS) is 11.1. The van der Waals surface area contributed by atoms with E-state index >= 15 is 0 Å². The quantitative estimate of drug-likeness (QED) is 0.191. The highest BCUT2D eigenvalue weighted by Gasteiger charge is 2.19. The highest BCUT2D eigenvalue weighted by Crippen LogP contribution is 2.43. The smallest absolute Gasteiger partial charge is 0.187 e. The molecular weight excluding hydrogens is 552 g/mol. The van der Waals surface area contributed by atoms with Crippen molar-refractivity contribution in [1.29, 1.82) is 0 Å². The number of aromatic nitrogens is 3. The molecule has 0 radical (unpaired) electrons. The second kappa shape index (κ2) is 11.0. The zero-order chi connectivity index (χ0) is 30.2. The molecule has 2 aromatic heterocycles. The molecule has 0 bridgehead atoms. The molecule has 0 unspecified atom stereocenters. The Morgan fingerprint density at radius 2 is 1.04 bits per heavy atom. The summed E-state index contributed by atoms with van der Waals surface area (Å²) in [5.74, 6) is 1.84. The molecule has 2 heterocycles. The van der Waals surface area contributed by atoms with Crippen molar-refractivity contribution in [2.24, 2.45) is 0 Å². The van der Waals surface area contributed by atoms with Crippen LogP contribution in [-0.4, -0.2) is 15.0 Å². The van der Waals surface area contributed by atoms with Crippen LogP contribution in [0.15, 0.2) is 150 Å². The molecule has 5 nitrogen and oxygen atoms in total. The lowest BCUT2D eigenvalue weighted by molar-refractivity contribution is 0.669. The molecule has 0 aliphatic heterocycles. The SMILES string of the molecule is [C-]#[N+]c1ccc(-c2c(-c3cccc(-c4nc(-c5ccccc5)nc(-c5ccccc5)n4)c3)ccc3oc4ccccc4c23)cc1. The summed E-state index contributed by atoms with van der Waals surface area (Å²) in [6.45, 7) is 7.45. The highest BCUT2D eigenvalue weighted by molar-refractivity contribution is 6.16. The Morgan fingerprint density at radius 1 is 0.467 bits per heavy atom. The second-order valence-electron chi connectivity index (χ2n) is 10.7. The molecule has 5 heteroatoms. The van der Waals surface area contributed by atoms with Crippen LogP contribution in [0.3, 0.4) is 0 Å². The van der Waals surface area contributed by atoms with E-state index in [1.165, 1.54) is 0 Å². The minimum Gasteiger partial charge on any atom is -0.456 e. The van der Waals surface area contributed by atoms with Crippen LogP contribution in [-0.2, 0) is 0 Å². The van der Waals surface area contributed by atoms with E-state index < -0.39 is 0 Å². The Morgan fingerprint density at radius 3 is 1.71 bits per heavy atom. The van der Waals surface area contributed by atoms with Crippen LogP contribution in [0.5, 0.6) is 0 Å². The van der Waals surface area contributed by atoms with E-state index in [2.05, 4.69) is 29.1 Å². The molecule has 210 valence electrons. The van der Waals surface area contributed by atoms with Gasteiger partial charge >= 0.3 is 0 Å². The average molecular weight is 577 g/mol. The Labute approximate surface area is 260 Å². The third kappa shape index (κ3) is 4.81. The van der Waals surface area contributed by atoms with Gasteiger partial charge in [-0.3, -0.25) is 0 Å². The maximum Gasteiger partial charge on any atom is 0.187 e. The zero-order valence-electron chi connectivity index (χ0n) is 24.1. The third-order valence-electron chi connectivity index (χ3n) is 7.96. The number of rotatable bonds is 5. The molecule has 6 aromatic carbocycles. The molecule has 0 amide bonds. The van der Waals surface area contributed by atoms with Crippen molar-refractivity contribution in [1.82, 2.24) is 15.0 Å². The van der Waals surface area contributed by atoms with Crippen molar-refractivity contribution in [2.45, 2.75) is 0 Å². The second-order valence-corrected chi connectivity index (χ2v) is 10.7. The molecule has 0 aliphatic rings. The predicted octanol–water partition coefficient (Wildman–Crippen LogP) is 10.7. The first-order valence-corrected chi connectivity index (χ1v) is 14.6. The van der Waals surface area contributed by atoms with E-state index in [1.54, 1.807) is 0 Å². The van der Waals surface area contributed by atoms with Gasteiger partial charge in [-0.05, 0) is 34.9 Å². The van der Waals surface area contributed by atoms with Crippen LogP contribution in [0.1, 0.15) is 0 Å². The number of furan rings is 1. The Kier molecular flexibility index (Phi) is 6.44. The summed E-state index contributed by atoms with van der Waals surface area (Å²) in [6, 6.07) is 48.4. The summed E-state index contributed by atoms with van der Waals surface area (Å²) in [7, 11) is 0. The fourth-order valence-corrected chi connectivity index (χ4v) is 5.82. The molecule has 0 saturated carbocycles. The van der Waals surface area contributed by atoms with Crippen molar-refractivity contribution in [3.05, 3.63) is 157 Å². The molecule has 0 atom stereocenters. The van der Waals surface area contributed by atoms with E-state index in [0.717, 1.165) is 60.9 Å². The summed E-state index contributed by atoms with van der Waals surface area (Å²) in [4.78, 5) is 18.4. The number of nitrogens with zero attached hydrogens (tertiary/aromatic N) is 4. The molecule has 8 aromatic rings. The summed E-state index contributed by atoms with van der Waals surface area (Å²) < 4.78 is 6.28. The van der Waals surface area contributed by atoms with Gasteiger partial charge in [0.1, 0.15) is 11.2 Å². The maximum absolute atomic E-state index is 7.45. The Balaban J connectivity index is 1.34. The molecule has 45 heavy (non-hydrogen) atoms. The van der Waals surface area contributed by atoms with Crippen molar-refractivity contribution in [3.63, 3.8) is 0 Å². The van der Waals surface area contributed by atoms with Gasteiger partial charge in [0.25, 0.3) is 0 Å². The topological polar surface area (TPSA) is 56.2 Å². The van der Waals surface area contributed by atoms with Gasteiger partial charge in [0.2, 0.25) is 0 Å². The first kappa shape index (κ1) is 26.3. The van der Waals surface area contributed by atoms with Gasteiger partial charge in [0.15, 0.2) is 23.2 Å². The standard InChI is InChI=1S/C40H24N4O/c1-41-31-21-19-26(20-22-31)36-32(23-24-35-37(36)33-17-8-9-18-34(33)45-35)29-15-10-16-30(25-29)40-43-38(27-11-4-2-5-12-27)42-39(44-40)28-13-6-3-7-14-28/h2-25H. The van der Waals surface area contributed by atoms with Gasteiger partial charge < -0.3 is 4.42 Å². The summed E-state index contributed by atoms with van der Waals surface area (Å²) >= 11 is 0. The van der Waals surface area contributed by atoms with Crippen LogP contribution < -0.4 is 0 Å². The van der Waals surface area contributed by atoms with Gasteiger partial charge in [0, 0.05) is 33.0 Å². The fourth-order valence-electron chi connectivity index (χ4n) is 5.82. The zero-order valence-corrected chi connectivity index (χ0v) is 24.1. The lowest BCUT2D eigenvalue weighted by atomic mass is 9.90. The maximum atomic E-state index is 7.45. The third-order valence-corrected chi connectivity index (χ3v) is 7.96. The van der Waals surface area contributed by atoms with Gasteiger partial charge in [-0.15, -0.1) is 0 Å². The van der Waals surface area contributed by atoms with E-state index in [4.69, 9.17) is 25.9 Å². The van der Waals surface area contributed by atoms with Gasteiger partial charge in [-0.25, -0.2) is 19.8 Å². The van der Waals surface area contributed by atoms with E-state index in [-0.39, 0.29) is 0 Å². The summed E-state index contributed by atoms with van der Waals surface area (Å²) in [5.41, 5.74) is 9.13. The molecular formula is C40H24N4O. The Hall–Kier alpha value is -6.38. The lowest BCUT2D eigenvalue weighted by Crippen LogP contribution is -2.00. The predicted molar refractivity (Wildman–Crippen MR) is 181 cm³/mol.